The van der Waals surface area contributed by atoms with E-state index in [0.717, 1.165) is 62.0 Å². The van der Waals surface area contributed by atoms with Gasteiger partial charge in [-0.1, -0.05) is 95.4 Å². The number of unbranched alkanes of at least 4 members (excludes halogenated alkanes) is 9. The molecule has 0 aliphatic heterocycles. The summed E-state index contributed by atoms with van der Waals surface area (Å²) >= 11 is 0. The van der Waals surface area contributed by atoms with Crippen LogP contribution in [0.1, 0.15) is 135 Å². The Labute approximate surface area is 263 Å². The van der Waals surface area contributed by atoms with E-state index in [1.54, 1.807) is 14.2 Å². The van der Waals surface area contributed by atoms with Gasteiger partial charge in [0, 0.05) is 7.05 Å². The van der Waals surface area contributed by atoms with Crippen molar-refractivity contribution >= 4 is 0 Å². The molecule has 2 aromatic carbocycles. The van der Waals surface area contributed by atoms with E-state index >= 15 is 0 Å². The molecule has 0 aliphatic rings. The Balaban J connectivity index is 2.05. The molecule has 0 N–H and O–H groups in total. The lowest BCUT2D eigenvalue weighted by Crippen LogP contribution is -2.26. The number of nitrogens with zero attached hydrogens (tertiary/aromatic N) is 3. The summed E-state index contributed by atoms with van der Waals surface area (Å²) in [7, 11) is 3.46. The number of methoxy groups -OCH3 is 1. The molecule has 0 fully saturated rings. The minimum atomic E-state index is -0.530. The fourth-order valence-corrected chi connectivity index (χ4v) is 5.94. The Bertz CT molecular complexity index is 1100. The van der Waals surface area contributed by atoms with Gasteiger partial charge in [-0.25, -0.2) is 0 Å². The third-order valence-corrected chi connectivity index (χ3v) is 8.30. The third-order valence-electron chi connectivity index (χ3n) is 8.30. The van der Waals surface area contributed by atoms with Gasteiger partial charge in [0.2, 0.25) is 0 Å². The van der Waals surface area contributed by atoms with E-state index < -0.39 is 5.41 Å². The van der Waals surface area contributed by atoms with Gasteiger partial charge in [-0.2, -0.15) is 15.5 Å². The van der Waals surface area contributed by atoms with Crippen LogP contribution in [0.15, 0.2) is 58.8 Å². The van der Waals surface area contributed by atoms with Crippen molar-refractivity contribution in [2.75, 3.05) is 14.2 Å². The Morgan fingerprint density at radius 2 is 1.42 bits per heavy atom. The molecule has 0 bridgehead atoms. The monoisotopic (exact) mass is 589 g/mol. The molecule has 0 aliphatic carbocycles. The van der Waals surface area contributed by atoms with Gasteiger partial charge in [-0.05, 0) is 94.7 Å². The zero-order chi connectivity index (χ0) is 31.4. The zero-order valence-electron chi connectivity index (χ0n) is 28.2. The van der Waals surface area contributed by atoms with E-state index in [1.807, 2.05) is 24.3 Å². The lowest BCUT2D eigenvalue weighted by atomic mass is 9.73. The van der Waals surface area contributed by atoms with Crippen molar-refractivity contribution in [3.05, 3.63) is 59.7 Å². The molecule has 5 heteroatoms. The number of nitriles is 1. The Morgan fingerprint density at radius 3 is 2.05 bits per heavy atom. The van der Waals surface area contributed by atoms with Crippen LogP contribution in [0.5, 0.6) is 11.5 Å². The second kappa shape index (κ2) is 20.2. The Kier molecular flexibility index (Phi) is 17.0. The number of hydrogen-bond acceptors (Lipinski definition) is 5. The van der Waals surface area contributed by atoms with Crippen LogP contribution in [-0.4, -0.2) is 25.8 Å². The van der Waals surface area contributed by atoms with Crippen molar-refractivity contribution < 1.29 is 9.47 Å². The minimum absolute atomic E-state index is 0.139. The molecule has 0 aromatic heterocycles. The molecular formula is C38H59N3O2. The van der Waals surface area contributed by atoms with Crippen LogP contribution in [-0.2, 0) is 11.8 Å². The summed E-state index contributed by atoms with van der Waals surface area (Å²) in [6.07, 6.45) is 18.3. The Morgan fingerprint density at radius 1 is 0.791 bits per heavy atom. The van der Waals surface area contributed by atoms with Gasteiger partial charge >= 0.3 is 0 Å². The van der Waals surface area contributed by atoms with Crippen LogP contribution >= 0.6 is 0 Å². The Hall–Kier alpha value is -2.87. The summed E-state index contributed by atoms with van der Waals surface area (Å²) in [5, 5.41) is 19.4. The summed E-state index contributed by atoms with van der Waals surface area (Å²) in [4.78, 5) is 0. The highest BCUT2D eigenvalue weighted by Gasteiger charge is 2.32. The normalized spacial score (nSPS) is 13.9. The average molecular weight is 590 g/mol. The maximum absolute atomic E-state index is 10.7. The highest BCUT2D eigenvalue weighted by atomic mass is 16.5. The van der Waals surface area contributed by atoms with Crippen LogP contribution in [0.25, 0.3) is 0 Å². The molecule has 0 amide bonds. The molecule has 0 saturated carbocycles. The van der Waals surface area contributed by atoms with Crippen molar-refractivity contribution in [3.63, 3.8) is 0 Å². The second-order valence-electron chi connectivity index (χ2n) is 13.1. The van der Waals surface area contributed by atoms with Gasteiger partial charge in [-0.15, -0.1) is 0 Å². The van der Waals surface area contributed by atoms with Crippen molar-refractivity contribution in [1.82, 2.24) is 0 Å². The quantitative estimate of drug-likeness (QED) is 0.101. The van der Waals surface area contributed by atoms with E-state index in [-0.39, 0.29) is 11.6 Å². The van der Waals surface area contributed by atoms with E-state index in [0.29, 0.717) is 0 Å². The first-order chi connectivity index (χ1) is 20.7. The van der Waals surface area contributed by atoms with Crippen LogP contribution < -0.4 is 9.47 Å². The van der Waals surface area contributed by atoms with Crippen LogP contribution in [0.2, 0.25) is 0 Å². The van der Waals surface area contributed by atoms with Gasteiger partial charge in [0.05, 0.1) is 24.6 Å². The summed E-state index contributed by atoms with van der Waals surface area (Å²) in [5.74, 6) is 1.72. The molecule has 2 unspecified atom stereocenters. The van der Waals surface area contributed by atoms with Gasteiger partial charge in [-0.3, -0.25) is 0 Å². The SMILES string of the molecule is CCCCCCCCCCCCC(C#N)(CCCC(CCc1cccc(OC)c1)/N=N/C)c1cccc(OC(C)(C)C)c1. The summed E-state index contributed by atoms with van der Waals surface area (Å²) < 4.78 is 11.6. The number of benzene rings is 2. The van der Waals surface area contributed by atoms with E-state index in [4.69, 9.17) is 9.47 Å². The van der Waals surface area contributed by atoms with Crippen molar-refractivity contribution in [2.24, 2.45) is 10.2 Å². The molecule has 0 radical (unpaired) electrons. The van der Waals surface area contributed by atoms with Crippen LogP contribution in [0, 0.1) is 11.3 Å². The maximum Gasteiger partial charge on any atom is 0.120 e. The highest BCUT2D eigenvalue weighted by molar-refractivity contribution is 5.38. The molecule has 238 valence electrons. The number of aryl methyl sites for hydroxylation is 1. The standard InChI is InChI=1S/C38H59N3O2/c1-7-8-9-10-11-12-13-14-15-16-27-38(31-39,33-21-18-24-36(30-33)43-37(2,3)4)28-19-22-34(41-40-5)26-25-32-20-17-23-35(29-32)42-6/h17-18,20-21,23-24,29-30,34H,7-16,19,22,25-28H2,1-6H3/b41-40+. The topological polar surface area (TPSA) is 67.0 Å². The van der Waals surface area contributed by atoms with E-state index in [1.165, 1.54) is 63.4 Å². The first-order valence-corrected chi connectivity index (χ1v) is 16.9. The number of rotatable bonds is 22. The average Bonchev–Trinajstić information content (AvgIpc) is 2.99. The van der Waals surface area contributed by atoms with Gasteiger partial charge < -0.3 is 9.47 Å². The molecule has 0 saturated heterocycles. The summed E-state index contributed by atoms with van der Waals surface area (Å²) in [5.41, 5.74) is 1.51. The lowest BCUT2D eigenvalue weighted by Gasteiger charge is -2.29. The summed E-state index contributed by atoms with van der Waals surface area (Å²) in [6.45, 7) is 8.46. The molecule has 43 heavy (non-hydrogen) atoms. The van der Waals surface area contributed by atoms with Crippen LogP contribution in [0.3, 0.4) is 0 Å². The molecule has 2 rings (SSSR count). The first kappa shape index (κ1) is 36.3. The fourth-order valence-electron chi connectivity index (χ4n) is 5.94. The minimum Gasteiger partial charge on any atom is -0.497 e. The van der Waals surface area contributed by atoms with Gasteiger partial charge in [0.15, 0.2) is 0 Å². The van der Waals surface area contributed by atoms with E-state index in [2.05, 4.69) is 68.3 Å². The van der Waals surface area contributed by atoms with Crippen molar-refractivity contribution in [1.29, 1.82) is 5.26 Å². The molecule has 2 aromatic rings. The molecule has 5 nitrogen and oxygen atoms in total. The number of hydrogen-bond donors (Lipinski definition) is 0. The van der Waals surface area contributed by atoms with Gasteiger partial charge in [0.1, 0.15) is 17.1 Å². The molecule has 0 heterocycles. The molecule has 0 spiro atoms. The second-order valence-corrected chi connectivity index (χ2v) is 13.1. The largest absolute Gasteiger partial charge is 0.497 e. The van der Waals surface area contributed by atoms with Crippen LogP contribution in [0.4, 0.5) is 0 Å². The summed E-state index contributed by atoms with van der Waals surface area (Å²) in [6, 6.07) is 19.5. The third kappa shape index (κ3) is 14.4. The maximum atomic E-state index is 10.7. The smallest absolute Gasteiger partial charge is 0.120 e. The van der Waals surface area contributed by atoms with Crippen molar-refractivity contribution in [3.8, 4) is 17.6 Å². The number of ether oxygens (including phenoxy) is 2. The first-order valence-electron chi connectivity index (χ1n) is 16.9. The fraction of sp³-hybridized carbons (Fsp3) is 0.658. The van der Waals surface area contributed by atoms with Gasteiger partial charge in [0.25, 0.3) is 0 Å². The van der Waals surface area contributed by atoms with E-state index in [9.17, 15) is 5.26 Å². The highest BCUT2D eigenvalue weighted by Crippen LogP contribution is 2.38. The predicted molar refractivity (Wildman–Crippen MR) is 180 cm³/mol. The zero-order valence-corrected chi connectivity index (χ0v) is 28.2. The number of azo groups is 1. The van der Waals surface area contributed by atoms with Crippen molar-refractivity contribution in [2.45, 2.75) is 147 Å². The lowest BCUT2D eigenvalue weighted by molar-refractivity contribution is 0.130. The predicted octanol–water partition coefficient (Wildman–Crippen LogP) is 11.2. The molecule has 2 atom stereocenters. The molecular weight excluding hydrogens is 530 g/mol.